The lowest BCUT2D eigenvalue weighted by atomic mass is 10.1. The Kier molecular flexibility index (Phi) is 9.22. The number of esters is 2. The number of benzene rings is 2. The fourth-order valence-corrected chi connectivity index (χ4v) is 5.48. The van der Waals surface area contributed by atoms with Crippen LogP contribution >= 0.6 is 11.3 Å². The lowest BCUT2D eigenvalue weighted by Crippen LogP contribution is -2.32. The monoisotopic (exact) mass is 547 g/mol. The number of hydrazone groups is 1. The van der Waals surface area contributed by atoms with Crippen molar-refractivity contribution < 1.29 is 28.7 Å². The van der Waals surface area contributed by atoms with Crippen LogP contribution in [0, 0.1) is 6.92 Å². The van der Waals surface area contributed by atoms with Crippen molar-refractivity contribution >= 4 is 46.3 Å². The largest absolute Gasteiger partial charge is 0.462 e. The minimum atomic E-state index is -0.978. The smallest absolute Gasteiger partial charge is 0.343 e. The predicted octanol–water partition coefficient (Wildman–Crippen LogP) is 4.81. The predicted molar refractivity (Wildman–Crippen MR) is 148 cm³/mol. The van der Waals surface area contributed by atoms with Crippen molar-refractivity contribution in [1.82, 2.24) is 5.43 Å². The summed E-state index contributed by atoms with van der Waals surface area (Å²) in [6.45, 7) is 3.76. The number of nitrogens with one attached hydrogen (secondary N) is 2. The maximum Gasteiger partial charge on any atom is 0.343 e. The van der Waals surface area contributed by atoms with Crippen molar-refractivity contribution in [2.24, 2.45) is 5.10 Å². The second-order valence-corrected chi connectivity index (χ2v) is 10.0. The number of anilines is 1. The second kappa shape index (κ2) is 13.0. The number of rotatable bonds is 7. The fraction of sp³-hybridized carbons (Fsp3) is 0.276. The normalized spacial score (nSPS) is 12.8. The van der Waals surface area contributed by atoms with Gasteiger partial charge in [-0.25, -0.2) is 15.0 Å². The molecule has 0 bridgehead atoms. The summed E-state index contributed by atoms with van der Waals surface area (Å²) >= 11 is 1.31. The van der Waals surface area contributed by atoms with E-state index >= 15 is 0 Å². The molecular weight excluding hydrogens is 518 g/mol. The Balaban J connectivity index is 1.35. The van der Waals surface area contributed by atoms with Crippen LogP contribution in [0.2, 0.25) is 0 Å². The van der Waals surface area contributed by atoms with Crippen LogP contribution in [-0.2, 0) is 27.2 Å². The van der Waals surface area contributed by atoms with Crippen LogP contribution < -0.4 is 15.5 Å². The number of fused-ring (bicyclic) bond motifs is 1. The summed E-state index contributed by atoms with van der Waals surface area (Å²) in [4.78, 5) is 51.0. The van der Waals surface area contributed by atoms with Crippen LogP contribution in [0.5, 0.6) is 5.75 Å². The molecule has 0 saturated carbocycles. The summed E-state index contributed by atoms with van der Waals surface area (Å²) in [5.74, 6) is -2.52. The van der Waals surface area contributed by atoms with Crippen LogP contribution in [0.25, 0.3) is 0 Å². The molecule has 1 heterocycles. The van der Waals surface area contributed by atoms with Gasteiger partial charge in [0.2, 0.25) is 0 Å². The van der Waals surface area contributed by atoms with E-state index in [1.807, 2.05) is 19.1 Å². The van der Waals surface area contributed by atoms with Crippen LogP contribution in [0.1, 0.15) is 68.5 Å². The number of thiophene rings is 1. The van der Waals surface area contributed by atoms with E-state index in [-0.39, 0.29) is 6.61 Å². The number of nitrogens with zero attached hydrogens (tertiary/aromatic N) is 1. The summed E-state index contributed by atoms with van der Waals surface area (Å²) in [5, 5.41) is 6.72. The molecule has 1 aliphatic rings. The topological polar surface area (TPSA) is 123 Å². The van der Waals surface area contributed by atoms with E-state index in [1.54, 1.807) is 43.3 Å². The first-order valence-electron chi connectivity index (χ1n) is 12.7. The number of amides is 2. The molecule has 4 rings (SSSR count). The van der Waals surface area contributed by atoms with Gasteiger partial charge in [-0.05, 0) is 86.6 Å². The number of hydrogen-bond donors (Lipinski definition) is 2. The third-order valence-electron chi connectivity index (χ3n) is 6.17. The highest BCUT2D eigenvalue weighted by Crippen LogP contribution is 2.38. The van der Waals surface area contributed by atoms with E-state index in [2.05, 4.69) is 15.8 Å². The van der Waals surface area contributed by atoms with E-state index < -0.39 is 23.8 Å². The van der Waals surface area contributed by atoms with E-state index in [4.69, 9.17) is 9.47 Å². The Hall–Kier alpha value is -4.31. The first-order valence-corrected chi connectivity index (χ1v) is 13.5. The average molecular weight is 548 g/mol. The molecule has 39 heavy (non-hydrogen) atoms. The second-order valence-electron chi connectivity index (χ2n) is 8.92. The minimum absolute atomic E-state index is 0.210. The van der Waals surface area contributed by atoms with Gasteiger partial charge in [-0.2, -0.15) is 5.10 Å². The summed E-state index contributed by atoms with van der Waals surface area (Å²) in [5.41, 5.74) is 5.34. The molecular formula is C29H29N3O6S. The molecule has 0 atom stereocenters. The lowest BCUT2D eigenvalue weighted by molar-refractivity contribution is -0.136. The molecule has 0 spiro atoms. The highest BCUT2D eigenvalue weighted by Gasteiger charge is 2.27. The highest BCUT2D eigenvalue weighted by molar-refractivity contribution is 7.17. The first kappa shape index (κ1) is 27.7. The Bertz CT molecular complexity index is 1410. The quantitative estimate of drug-likeness (QED) is 0.109. The molecule has 0 saturated heterocycles. The Morgan fingerprint density at radius 2 is 1.69 bits per heavy atom. The maximum absolute atomic E-state index is 12.6. The number of aryl methyl sites for hydroxylation is 2. The molecule has 1 aromatic heterocycles. The van der Waals surface area contributed by atoms with E-state index in [1.165, 1.54) is 17.6 Å². The van der Waals surface area contributed by atoms with Gasteiger partial charge >= 0.3 is 23.8 Å². The van der Waals surface area contributed by atoms with Gasteiger partial charge in [-0.3, -0.25) is 9.59 Å². The van der Waals surface area contributed by atoms with E-state index in [9.17, 15) is 19.2 Å². The van der Waals surface area contributed by atoms with Gasteiger partial charge in [-0.1, -0.05) is 24.6 Å². The van der Waals surface area contributed by atoms with Gasteiger partial charge < -0.3 is 14.8 Å². The van der Waals surface area contributed by atoms with Gasteiger partial charge in [0.15, 0.2) is 0 Å². The maximum atomic E-state index is 12.6. The van der Waals surface area contributed by atoms with E-state index in [0.29, 0.717) is 27.4 Å². The molecule has 3 aromatic rings. The average Bonchev–Trinajstić information content (AvgIpc) is 3.09. The number of ether oxygens (including phenoxy) is 2. The van der Waals surface area contributed by atoms with E-state index in [0.717, 1.165) is 48.1 Å². The molecule has 2 amide bonds. The van der Waals surface area contributed by atoms with Crippen molar-refractivity contribution in [3.63, 3.8) is 0 Å². The van der Waals surface area contributed by atoms with Crippen molar-refractivity contribution in [3.05, 3.63) is 81.2 Å². The van der Waals surface area contributed by atoms with Crippen molar-refractivity contribution in [1.29, 1.82) is 0 Å². The molecule has 2 N–H and O–H groups in total. The molecule has 0 radical (unpaired) electrons. The molecule has 9 nitrogen and oxygen atoms in total. The van der Waals surface area contributed by atoms with Gasteiger partial charge in [-0.15, -0.1) is 11.3 Å². The first-order chi connectivity index (χ1) is 18.9. The van der Waals surface area contributed by atoms with Crippen molar-refractivity contribution in [2.45, 2.75) is 46.0 Å². The fourth-order valence-electron chi connectivity index (χ4n) is 4.21. The Morgan fingerprint density at radius 3 is 2.44 bits per heavy atom. The van der Waals surface area contributed by atoms with Gasteiger partial charge in [0.25, 0.3) is 0 Å². The van der Waals surface area contributed by atoms with Crippen LogP contribution in [-0.4, -0.2) is 36.6 Å². The van der Waals surface area contributed by atoms with Crippen LogP contribution in [0.15, 0.2) is 53.6 Å². The molecule has 1 aliphatic carbocycles. The van der Waals surface area contributed by atoms with Crippen LogP contribution in [0.3, 0.4) is 0 Å². The molecule has 2 aromatic carbocycles. The van der Waals surface area contributed by atoms with Crippen molar-refractivity contribution in [2.75, 3.05) is 11.9 Å². The molecule has 10 heteroatoms. The summed E-state index contributed by atoms with van der Waals surface area (Å²) in [6, 6.07) is 13.7. The third kappa shape index (κ3) is 6.97. The van der Waals surface area contributed by atoms with Gasteiger partial charge in [0, 0.05) is 4.88 Å². The van der Waals surface area contributed by atoms with Gasteiger partial charge in [0.1, 0.15) is 10.8 Å². The van der Waals surface area contributed by atoms with Crippen LogP contribution in [0.4, 0.5) is 5.00 Å². The third-order valence-corrected chi connectivity index (χ3v) is 7.38. The van der Waals surface area contributed by atoms with Crippen molar-refractivity contribution in [3.8, 4) is 5.75 Å². The Morgan fingerprint density at radius 1 is 0.949 bits per heavy atom. The number of carbonyl (C=O) groups is 4. The summed E-state index contributed by atoms with van der Waals surface area (Å²) in [6.07, 6.45) is 5.95. The molecule has 0 unspecified atom stereocenters. The Labute approximate surface area is 230 Å². The molecule has 0 aliphatic heterocycles. The highest BCUT2D eigenvalue weighted by atomic mass is 32.1. The zero-order valence-corrected chi connectivity index (χ0v) is 22.6. The zero-order chi connectivity index (χ0) is 27.8. The summed E-state index contributed by atoms with van der Waals surface area (Å²) < 4.78 is 10.6. The zero-order valence-electron chi connectivity index (χ0n) is 21.7. The lowest BCUT2D eigenvalue weighted by Gasteiger charge is -2.08. The number of hydrogen-bond acceptors (Lipinski definition) is 8. The minimum Gasteiger partial charge on any atom is -0.462 e. The standard InChI is InChI=1S/C29H29N3O6S/c1-3-37-29(36)24-22-11-5-4-6-12-23(22)39-27(24)31-25(33)26(34)32-30-17-19-13-15-20(16-14-19)38-28(35)21-10-8-7-9-18(21)2/h7-10,13-17H,3-6,11-12H2,1-2H3,(H,31,33)(H,32,34). The SMILES string of the molecule is CCOC(=O)c1c(NC(=O)C(=O)NN=Cc2ccc(OC(=O)c3ccccc3C)cc2)sc2c1CCCCC2. The number of carbonyl (C=O) groups excluding carboxylic acids is 4. The summed E-state index contributed by atoms with van der Waals surface area (Å²) in [7, 11) is 0. The molecule has 0 fully saturated rings. The van der Waals surface area contributed by atoms with Gasteiger partial charge in [0.05, 0.1) is 23.9 Å². The molecule has 202 valence electrons.